The standard InChI is InChI=1S/C58H74O8/c1-39(29-31-49(59)65-51-45(41-25-19-17-20-26-41)35-43(55(3,4)5)37-47(51)57(9,10)11)53(61)63-33-23-15-16-24-34-64-54(62)40(2)30-32-50(60)66-52-46(42-27-21-18-22-28-42)36-44(56(6,7)8)38-48(52)58(12,13)14/h17-22,25-28,35-38H,1-2,15-16,23-24,29-34H2,3-14H3. The average Bonchev–Trinajstić information content (AvgIpc) is 3.24. The lowest BCUT2D eigenvalue weighted by Gasteiger charge is -2.29. The van der Waals surface area contributed by atoms with Crippen LogP contribution >= 0.6 is 0 Å². The van der Waals surface area contributed by atoms with E-state index in [1.54, 1.807) is 0 Å². The van der Waals surface area contributed by atoms with E-state index >= 15 is 0 Å². The normalized spacial score (nSPS) is 12.0. The Labute approximate surface area is 395 Å². The number of carbonyl (C=O) groups is 4. The van der Waals surface area contributed by atoms with Crippen LogP contribution in [0, 0.1) is 0 Å². The largest absolute Gasteiger partial charge is 0.462 e. The third-order valence-corrected chi connectivity index (χ3v) is 11.5. The van der Waals surface area contributed by atoms with Gasteiger partial charge in [0.1, 0.15) is 11.5 Å². The number of ether oxygens (including phenoxy) is 4. The molecule has 0 amide bonds. The SMILES string of the molecule is C=C(CCC(=O)Oc1c(-c2ccccc2)cc(C(C)(C)C)cc1C(C)(C)C)C(=O)OCCCCCCOC(=O)C(=C)CCC(=O)Oc1c(-c2ccccc2)cc(C(C)(C)C)cc1C(C)(C)C. The maximum absolute atomic E-state index is 13.3. The van der Waals surface area contributed by atoms with Crippen molar-refractivity contribution in [2.45, 2.75) is 156 Å². The summed E-state index contributed by atoms with van der Waals surface area (Å²) in [4.78, 5) is 52.1. The van der Waals surface area contributed by atoms with Crippen LogP contribution in [0.3, 0.4) is 0 Å². The van der Waals surface area contributed by atoms with E-state index in [1.807, 2.05) is 60.7 Å². The molecule has 0 saturated carbocycles. The zero-order chi connectivity index (χ0) is 49.0. The predicted octanol–water partition coefficient (Wildman–Crippen LogP) is 14.0. The van der Waals surface area contributed by atoms with Crippen molar-refractivity contribution in [3.8, 4) is 33.8 Å². The van der Waals surface area contributed by atoms with Crippen molar-refractivity contribution in [1.29, 1.82) is 0 Å². The molecule has 0 aliphatic heterocycles. The highest BCUT2D eigenvalue weighted by Gasteiger charge is 2.30. The van der Waals surface area contributed by atoms with Crippen LogP contribution in [0.25, 0.3) is 22.3 Å². The van der Waals surface area contributed by atoms with Gasteiger partial charge in [-0.25, -0.2) is 9.59 Å². The van der Waals surface area contributed by atoms with E-state index < -0.39 is 23.9 Å². The first kappa shape index (κ1) is 52.9. The van der Waals surface area contributed by atoms with Crippen molar-refractivity contribution < 1.29 is 38.1 Å². The molecule has 66 heavy (non-hydrogen) atoms. The van der Waals surface area contributed by atoms with Crippen LogP contribution in [-0.4, -0.2) is 37.1 Å². The summed E-state index contributed by atoms with van der Waals surface area (Å²) in [6, 6.07) is 28.3. The first-order valence-corrected chi connectivity index (χ1v) is 23.4. The van der Waals surface area contributed by atoms with Crippen molar-refractivity contribution in [3.63, 3.8) is 0 Å². The van der Waals surface area contributed by atoms with E-state index in [0.29, 0.717) is 24.3 Å². The van der Waals surface area contributed by atoms with E-state index in [-0.39, 0.29) is 71.7 Å². The number of esters is 4. The maximum atomic E-state index is 13.3. The molecule has 0 aliphatic carbocycles. The first-order chi connectivity index (χ1) is 30.8. The van der Waals surface area contributed by atoms with Crippen molar-refractivity contribution in [2.75, 3.05) is 13.2 Å². The van der Waals surface area contributed by atoms with Gasteiger partial charge in [0.25, 0.3) is 0 Å². The average molecular weight is 899 g/mol. The van der Waals surface area contributed by atoms with Crippen molar-refractivity contribution in [1.82, 2.24) is 0 Å². The second-order valence-corrected chi connectivity index (χ2v) is 21.4. The van der Waals surface area contributed by atoms with Gasteiger partial charge in [-0.15, -0.1) is 0 Å². The molecule has 4 aromatic carbocycles. The highest BCUT2D eigenvalue weighted by molar-refractivity contribution is 5.90. The van der Waals surface area contributed by atoms with Crippen LogP contribution in [0.2, 0.25) is 0 Å². The zero-order valence-corrected chi connectivity index (χ0v) is 41.8. The molecule has 0 aromatic heterocycles. The second-order valence-electron chi connectivity index (χ2n) is 21.4. The topological polar surface area (TPSA) is 105 Å². The summed E-state index contributed by atoms with van der Waals surface area (Å²) in [6.45, 7) is 33.8. The van der Waals surface area contributed by atoms with Crippen LogP contribution in [0.4, 0.5) is 0 Å². The van der Waals surface area contributed by atoms with Crippen molar-refractivity contribution in [2.24, 2.45) is 0 Å². The molecule has 0 aliphatic rings. The van der Waals surface area contributed by atoms with Gasteiger partial charge in [0.15, 0.2) is 0 Å². The summed E-state index contributed by atoms with van der Waals surface area (Å²) < 4.78 is 23.1. The molecule has 4 rings (SSSR count). The Hall–Kier alpha value is -5.76. The summed E-state index contributed by atoms with van der Waals surface area (Å²) in [5, 5.41) is 0. The predicted molar refractivity (Wildman–Crippen MR) is 267 cm³/mol. The minimum absolute atomic E-state index is 0.0257. The fourth-order valence-electron chi connectivity index (χ4n) is 7.25. The molecule has 0 bridgehead atoms. The lowest BCUT2D eigenvalue weighted by Crippen LogP contribution is -2.20. The van der Waals surface area contributed by atoms with Gasteiger partial charge in [-0.05, 0) is 94.6 Å². The Kier molecular flexibility index (Phi) is 18.1. The number of carbonyl (C=O) groups excluding carboxylic acids is 4. The van der Waals surface area contributed by atoms with E-state index in [9.17, 15) is 19.2 Å². The van der Waals surface area contributed by atoms with Gasteiger partial charge in [-0.2, -0.15) is 0 Å². The fraction of sp³-hybridized carbons (Fsp3) is 0.448. The fourth-order valence-corrected chi connectivity index (χ4v) is 7.25. The summed E-state index contributed by atoms with van der Waals surface area (Å²) >= 11 is 0. The molecular formula is C58H74O8. The molecule has 8 heteroatoms. The van der Waals surface area contributed by atoms with Gasteiger partial charge in [0, 0.05) is 33.4 Å². The molecule has 0 radical (unpaired) electrons. The quantitative estimate of drug-likeness (QED) is 0.0397. The van der Waals surface area contributed by atoms with Crippen LogP contribution in [0.5, 0.6) is 11.5 Å². The van der Waals surface area contributed by atoms with Crippen molar-refractivity contribution in [3.05, 3.63) is 131 Å². The smallest absolute Gasteiger partial charge is 0.333 e. The molecule has 354 valence electrons. The van der Waals surface area contributed by atoms with Gasteiger partial charge < -0.3 is 18.9 Å². The monoisotopic (exact) mass is 899 g/mol. The molecule has 8 nitrogen and oxygen atoms in total. The van der Waals surface area contributed by atoms with Crippen LogP contribution in [-0.2, 0) is 50.3 Å². The van der Waals surface area contributed by atoms with E-state index in [2.05, 4.69) is 121 Å². The van der Waals surface area contributed by atoms with Gasteiger partial charge in [-0.3, -0.25) is 9.59 Å². The Morgan fingerprint density at radius 2 is 0.773 bits per heavy atom. The van der Waals surface area contributed by atoms with Crippen molar-refractivity contribution >= 4 is 23.9 Å². The first-order valence-electron chi connectivity index (χ1n) is 23.4. The molecule has 0 fully saturated rings. The molecule has 0 unspecified atom stereocenters. The van der Waals surface area contributed by atoms with E-state index in [1.165, 1.54) is 0 Å². The zero-order valence-electron chi connectivity index (χ0n) is 41.8. The number of rotatable bonds is 19. The van der Waals surface area contributed by atoms with Crippen LogP contribution in [0.15, 0.2) is 109 Å². The number of hydrogen-bond acceptors (Lipinski definition) is 8. The lowest BCUT2D eigenvalue weighted by atomic mass is 9.78. The van der Waals surface area contributed by atoms with Crippen LogP contribution in [0.1, 0.15) is 157 Å². The van der Waals surface area contributed by atoms with Gasteiger partial charge >= 0.3 is 23.9 Å². The maximum Gasteiger partial charge on any atom is 0.333 e. The summed E-state index contributed by atoms with van der Waals surface area (Å²) in [5.41, 5.74) is 7.33. The highest BCUT2D eigenvalue weighted by atomic mass is 16.5. The molecule has 0 spiro atoms. The van der Waals surface area contributed by atoms with Crippen LogP contribution < -0.4 is 9.47 Å². The third kappa shape index (κ3) is 15.4. The summed E-state index contributed by atoms with van der Waals surface area (Å²) in [7, 11) is 0. The number of hydrogen-bond donors (Lipinski definition) is 0. The minimum atomic E-state index is -0.543. The molecular weight excluding hydrogens is 825 g/mol. The Bertz CT molecular complexity index is 2180. The molecule has 0 heterocycles. The second kappa shape index (κ2) is 22.6. The Morgan fingerprint density at radius 3 is 1.08 bits per heavy atom. The number of unbranched alkanes of at least 4 members (excludes halogenated alkanes) is 3. The lowest BCUT2D eigenvalue weighted by molar-refractivity contribution is -0.141. The van der Waals surface area contributed by atoms with E-state index in [4.69, 9.17) is 18.9 Å². The summed E-state index contributed by atoms with van der Waals surface area (Å²) in [6.07, 6.45) is 2.91. The van der Waals surface area contributed by atoms with Gasteiger partial charge in [0.2, 0.25) is 0 Å². The minimum Gasteiger partial charge on any atom is -0.462 e. The Balaban J connectivity index is 1.18. The number of benzene rings is 4. The molecule has 0 saturated heterocycles. The molecule has 0 N–H and O–H groups in total. The third-order valence-electron chi connectivity index (χ3n) is 11.5. The Morgan fingerprint density at radius 1 is 0.439 bits per heavy atom. The summed E-state index contributed by atoms with van der Waals surface area (Å²) in [5.74, 6) is -0.928. The van der Waals surface area contributed by atoms with Gasteiger partial charge in [0.05, 0.1) is 26.1 Å². The van der Waals surface area contributed by atoms with E-state index in [0.717, 1.165) is 57.3 Å². The molecule has 0 atom stereocenters. The molecule has 4 aromatic rings. The van der Waals surface area contributed by atoms with Gasteiger partial charge in [-0.1, -0.05) is 169 Å². The highest BCUT2D eigenvalue weighted by Crippen LogP contribution is 2.45.